The van der Waals surface area contributed by atoms with Crippen LogP contribution in [0, 0.1) is 6.92 Å². The Balaban J connectivity index is 1.77. The van der Waals surface area contributed by atoms with Crippen molar-refractivity contribution in [2.75, 3.05) is 0 Å². The minimum Gasteiger partial charge on any atom is -0.327 e. The molecule has 1 aromatic heterocycles. The first-order valence-corrected chi connectivity index (χ1v) is 7.32. The molecule has 0 radical (unpaired) electrons. The maximum Gasteiger partial charge on any atom is 0.109 e. The Hall–Kier alpha value is -2.09. The van der Waals surface area contributed by atoms with Crippen molar-refractivity contribution < 1.29 is 0 Å². The highest BCUT2D eigenvalue weighted by molar-refractivity contribution is 5.77. The minimum absolute atomic E-state index is 0.613. The van der Waals surface area contributed by atoms with Crippen LogP contribution in [-0.4, -0.2) is 9.55 Å². The maximum atomic E-state index is 4.81. The van der Waals surface area contributed by atoms with Crippen molar-refractivity contribution in [3.05, 3.63) is 65.5 Å². The van der Waals surface area contributed by atoms with Gasteiger partial charge in [-0.3, -0.25) is 0 Å². The fraction of sp³-hybridized carbons (Fsp3) is 0.278. The fourth-order valence-corrected chi connectivity index (χ4v) is 3.30. The first kappa shape index (κ1) is 11.7. The van der Waals surface area contributed by atoms with Crippen LogP contribution in [0.3, 0.4) is 0 Å². The monoisotopic (exact) mass is 262 g/mol. The van der Waals surface area contributed by atoms with Gasteiger partial charge in [0.15, 0.2) is 0 Å². The van der Waals surface area contributed by atoms with Crippen LogP contribution >= 0.6 is 0 Å². The number of rotatable bonds is 1. The molecule has 0 fully saturated rings. The average molecular weight is 262 g/mol. The SMILES string of the molecule is Cc1ccc2c(c1)nc1n2C[C@@H](c2ccccc2)CC1. The molecule has 3 aromatic rings. The average Bonchev–Trinajstić information content (AvgIpc) is 2.84. The number of nitrogens with zero attached hydrogens (tertiary/aromatic N) is 2. The molecule has 0 saturated carbocycles. The van der Waals surface area contributed by atoms with Gasteiger partial charge in [-0.2, -0.15) is 0 Å². The first-order valence-electron chi connectivity index (χ1n) is 7.32. The van der Waals surface area contributed by atoms with Crippen LogP contribution in [-0.2, 0) is 13.0 Å². The maximum absolute atomic E-state index is 4.81. The number of aryl methyl sites for hydroxylation is 2. The molecule has 2 nitrogen and oxygen atoms in total. The van der Waals surface area contributed by atoms with Gasteiger partial charge in [0.1, 0.15) is 5.82 Å². The van der Waals surface area contributed by atoms with E-state index in [1.807, 2.05) is 0 Å². The molecule has 2 aromatic carbocycles. The molecule has 1 aliphatic heterocycles. The van der Waals surface area contributed by atoms with E-state index in [0.717, 1.165) is 18.5 Å². The molecule has 0 bridgehead atoms. The van der Waals surface area contributed by atoms with Crippen LogP contribution in [0.1, 0.15) is 29.3 Å². The third-order valence-electron chi connectivity index (χ3n) is 4.37. The molecule has 1 atom stereocenters. The molecule has 0 saturated heterocycles. The molecular formula is C18H18N2. The Bertz CT molecular complexity index is 756. The highest BCUT2D eigenvalue weighted by atomic mass is 15.1. The summed E-state index contributed by atoms with van der Waals surface area (Å²) in [7, 11) is 0. The lowest BCUT2D eigenvalue weighted by Gasteiger charge is -2.24. The van der Waals surface area contributed by atoms with E-state index in [9.17, 15) is 0 Å². The zero-order valence-corrected chi connectivity index (χ0v) is 11.7. The molecule has 2 heterocycles. The van der Waals surface area contributed by atoms with E-state index in [-0.39, 0.29) is 0 Å². The van der Waals surface area contributed by atoms with Crippen molar-refractivity contribution >= 4 is 11.0 Å². The summed E-state index contributed by atoms with van der Waals surface area (Å²) in [5, 5.41) is 0. The highest BCUT2D eigenvalue weighted by Gasteiger charge is 2.22. The summed E-state index contributed by atoms with van der Waals surface area (Å²) in [6.45, 7) is 3.18. The second-order valence-corrected chi connectivity index (χ2v) is 5.78. The molecule has 0 unspecified atom stereocenters. The smallest absolute Gasteiger partial charge is 0.109 e. The lowest BCUT2D eigenvalue weighted by atomic mass is 9.91. The van der Waals surface area contributed by atoms with Crippen molar-refractivity contribution in [2.45, 2.75) is 32.2 Å². The van der Waals surface area contributed by atoms with Crippen LogP contribution in [0.15, 0.2) is 48.5 Å². The van der Waals surface area contributed by atoms with Crippen LogP contribution in [0.4, 0.5) is 0 Å². The quantitative estimate of drug-likeness (QED) is 0.646. The van der Waals surface area contributed by atoms with E-state index >= 15 is 0 Å². The fourth-order valence-electron chi connectivity index (χ4n) is 3.30. The van der Waals surface area contributed by atoms with Gasteiger partial charge in [-0.15, -0.1) is 0 Å². The topological polar surface area (TPSA) is 17.8 Å². The molecule has 0 amide bonds. The number of benzene rings is 2. The highest BCUT2D eigenvalue weighted by Crippen LogP contribution is 2.31. The molecule has 100 valence electrons. The van der Waals surface area contributed by atoms with Gasteiger partial charge in [0.05, 0.1) is 11.0 Å². The van der Waals surface area contributed by atoms with E-state index in [1.165, 1.54) is 28.9 Å². The zero-order chi connectivity index (χ0) is 13.5. The summed E-state index contributed by atoms with van der Waals surface area (Å²) < 4.78 is 2.41. The standard InChI is InChI=1S/C18H18N2/c1-13-7-9-17-16(11-13)19-18-10-8-15(12-20(17)18)14-5-3-2-4-6-14/h2-7,9,11,15H,8,10,12H2,1H3/t15-/m0/s1. The third kappa shape index (κ3) is 1.83. The van der Waals surface area contributed by atoms with Gasteiger partial charge < -0.3 is 4.57 Å². The van der Waals surface area contributed by atoms with Crippen molar-refractivity contribution in [3.8, 4) is 0 Å². The Morgan fingerprint density at radius 1 is 1.10 bits per heavy atom. The van der Waals surface area contributed by atoms with E-state index in [4.69, 9.17) is 4.98 Å². The number of hydrogen-bond donors (Lipinski definition) is 0. The Morgan fingerprint density at radius 2 is 1.95 bits per heavy atom. The summed E-state index contributed by atoms with van der Waals surface area (Å²) in [6.07, 6.45) is 2.28. The molecule has 20 heavy (non-hydrogen) atoms. The van der Waals surface area contributed by atoms with Crippen molar-refractivity contribution in [2.24, 2.45) is 0 Å². The second-order valence-electron chi connectivity index (χ2n) is 5.78. The lowest BCUT2D eigenvalue weighted by molar-refractivity contribution is 0.464. The molecule has 2 heteroatoms. The Morgan fingerprint density at radius 3 is 2.80 bits per heavy atom. The third-order valence-corrected chi connectivity index (χ3v) is 4.37. The summed E-state index contributed by atoms with van der Waals surface area (Å²) in [4.78, 5) is 4.81. The number of hydrogen-bond acceptors (Lipinski definition) is 1. The lowest BCUT2D eigenvalue weighted by Crippen LogP contribution is -2.18. The summed E-state index contributed by atoms with van der Waals surface area (Å²) in [5.41, 5.74) is 5.17. The van der Waals surface area contributed by atoms with Gasteiger partial charge in [0, 0.05) is 18.9 Å². The summed E-state index contributed by atoms with van der Waals surface area (Å²) in [5.74, 6) is 1.86. The molecule has 4 rings (SSSR count). The zero-order valence-electron chi connectivity index (χ0n) is 11.7. The Kier molecular flexibility index (Phi) is 2.62. The van der Waals surface area contributed by atoms with E-state index in [2.05, 4.69) is 60.0 Å². The van der Waals surface area contributed by atoms with E-state index in [1.54, 1.807) is 0 Å². The van der Waals surface area contributed by atoms with Crippen LogP contribution < -0.4 is 0 Å². The van der Waals surface area contributed by atoms with Crippen LogP contribution in [0.5, 0.6) is 0 Å². The summed E-state index contributed by atoms with van der Waals surface area (Å²) in [6, 6.07) is 17.5. The van der Waals surface area contributed by atoms with Crippen molar-refractivity contribution in [1.82, 2.24) is 9.55 Å². The molecular weight excluding hydrogens is 244 g/mol. The van der Waals surface area contributed by atoms with Gasteiger partial charge in [0.25, 0.3) is 0 Å². The predicted octanol–water partition coefficient (Wildman–Crippen LogP) is 4.07. The van der Waals surface area contributed by atoms with Gasteiger partial charge in [-0.05, 0) is 36.6 Å². The van der Waals surface area contributed by atoms with Gasteiger partial charge in [-0.25, -0.2) is 4.98 Å². The van der Waals surface area contributed by atoms with E-state index in [0.29, 0.717) is 5.92 Å². The Labute approximate surface area is 119 Å². The molecule has 1 aliphatic rings. The minimum atomic E-state index is 0.613. The largest absolute Gasteiger partial charge is 0.327 e. The summed E-state index contributed by atoms with van der Waals surface area (Å²) >= 11 is 0. The van der Waals surface area contributed by atoms with Crippen molar-refractivity contribution in [3.63, 3.8) is 0 Å². The van der Waals surface area contributed by atoms with Crippen molar-refractivity contribution in [1.29, 1.82) is 0 Å². The first-order chi connectivity index (χ1) is 9.81. The molecule has 0 N–H and O–H groups in total. The normalized spacial score (nSPS) is 18.1. The number of fused-ring (bicyclic) bond motifs is 3. The van der Waals surface area contributed by atoms with Gasteiger partial charge in [-0.1, -0.05) is 36.4 Å². The van der Waals surface area contributed by atoms with Gasteiger partial charge >= 0.3 is 0 Å². The van der Waals surface area contributed by atoms with E-state index < -0.39 is 0 Å². The molecule has 0 aliphatic carbocycles. The molecule has 0 spiro atoms. The predicted molar refractivity (Wildman–Crippen MR) is 82.0 cm³/mol. The van der Waals surface area contributed by atoms with Crippen LogP contribution in [0.25, 0.3) is 11.0 Å². The number of imidazole rings is 1. The second kappa shape index (κ2) is 4.48. The van der Waals surface area contributed by atoms with Gasteiger partial charge in [0.2, 0.25) is 0 Å². The number of aromatic nitrogens is 2. The van der Waals surface area contributed by atoms with Crippen LogP contribution in [0.2, 0.25) is 0 Å².